The zero-order chi connectivity index (χ0) is 9.14. The Morgan fingerprint density at radius 2 is 2.17 bits per heavy atom. The molecule has 0 radical (unpaired) electrons. The standard InChI is InChI=1S/C11H13F/c1-4-8(2)10-6-5-9(3)11(12)7-10/h5-7H,2,4H2,1,3H3. The Morgan fingerprint density at radius 3 is 2.67 bits per heavy atom. The van der Waals surface area contributed by atoms with Gasteiger partial charge in [-0.2, -0.15) is 0 Å². The topological polar surface area (TPSA) is 0 Å². The van der Waals surface area contributed by atoms with E-state index in [-0.39, 0.29) is 5.82 Å². The molecule has 0 bridgehead atoms. The summed E-state index contributed by atoms with van der Waals surface area (Å²) in [6.45, 7) is 7.62. The van der Waals surface area contributed by atoms with Crippen LogP contribution in [0.25, 0.3) is 5.57 Å². The average Bonchev–Trinajstić information content (AvgIpc) is 2.08. The van der Waals surface area contributed by atoms with Crippen LogP contribution >= 0.6 is 0 Å². The second kappa shape index (κ2) is 3.53. The molecule has 0 atom stereocenters. The predicted molar refractivity (Wildman–Crippen MR) is 50.5 cm³/mol. The van der Waals surface area contributed by atoms with Gasteiger partial charge in [0.25, 0.3) is 0 Å². The average molecular weight is 164 g/mol. The van der Waals surface area contributed by atoms with Gasteiger partial charge in [0.2, 0.25) is 0 Å². The molecule has 64 valence electrons. The molecule has 1 heteroatoms. The van der Waals surface area contributed by atoms with Crippen molar-refractivity contribution in [2.24, 2.45) is 0 Å². The van der Waals surface area contributed by atoms with Gasteiger partial charge in [-0.3, -0.25) is 0 Å². The first-order valence-electron chi connectivity index (χ1n) is 4.09. The lowest BCUT2D eigenvalue weighted by atomic mass is 10.0. The van der Waals surface area contributed by atoms with Crippen LogP contribution in [0.2, 0.25) is 0 Å². The molecule has 0 amide bonds. The van der Waals surface area contributed by atoms with E-state index >= 15 is 0 Å². The van der Waals surface area contributed by atoms with E-state index in [4.69, 9.17) is 0 Å². The summed E-state index contributed by atoms with van der Waals surface area (Å²) in [5, 5.41) is 0. The third-order valence-corrected chi connectivity index (χ3v) is 2.01. The van der Waals surface area contributed by atoms with Crippen molar-refractivity contribution in [3.05, 3.63) is 41.7 Å². The first-order chi connectivity index (χ1) is 5.65. The van der Waals surface area contributed by atoms with Crippen molar-refractivity contribution >= 4 is 5.57 Å². The van der Waals surface area contributed by atoms with Gasteiger partial charge in [-0.15, -0.1) is 0 Å². The van der Waals surface area contributed by atoms with Crippen LogP contribution in [-0.2, 0) is 0 Å². The molecule has 1 aromatic carbocycles. The van der Waals surface area contributed by atoms with Crippen LogP contribution in [0.15, 0.2) is 24.8 Å². The monoisotopic (exact) mass is 164 g/mol. The molecule has 0 saturated heterocycles. The van der Waals surface area contributed by atoms with Crippen LogP contribution in [-0.4, -0.2) is 0 Å². The smallest absolute Gasteiger partial charge is 0.126 e. The SMILES string of the molecule is C=C(CC)c1ccc(C)c(F)c1. The fraction of sp³-hybridized carbons (Fsp3) is 0.273. The quantitative estimate of drug-likeness (QED) is 0.627. The largest absolute Gasteiger partial charge is 0.207 e. The van der Waals surface area contributed by atoms with E-state index in [2.05, 4.69) is 6.58 Å². The van der Waals surface area contributed by atoms with Crippen molar-refractivity contribution in [3.63, 3.8) is 0 Å². The van der Waals surface area contributed by atoms with Crippen molar-refractivity contribution < 1.29 is 4.39 Å². The molecule has 0 aromatic heterocycles. The van der Waals surface area contributed by atoms with Crippen molar-refractivity contribution in [1.29, 1.82) is 0 Å². The van der Waals surface area contributed by atoms with E-state index in [1.54, 1.807) is 19.1 Å². The number of allylic oxidation sites excluding steroid dienone is 1. The predicted octanol–water partition coefficient (Wildman–Crippen LogP) is 3.56. The third kappa shape index (κ3) is 1.73. The van der Waals surface area contributed by atoms with E-state index in [0.717, 1.165) is 17.6 Å². The molecule has 0 saturated carbocycles. The number of hydrogen-bond acceptors (Lipinski definition) is 0. The maximum atomic E-state index is 13.0. The number of benzene rings is 1. The minimum absolute atomic E-state index is 0.151. The highest BCUT2D eigenvalue weighted by molar-refractivity contribution is 5.63. The number of halogens is 1. The fourth-order valence-electron chi connectivity index (χ4n) is 1.02. The van der Waals surface area contributed by atoms with Gasteiger partial charge in [-0.1, -0.05) is 25.6 Å². The summed E-state index contributed by atoms with van der Waals surface area (Å²) in [7, 11) is 0. The molecule has 12 heavy (non-hydrogen) atoms. The molecule has 0 aliphatic carbocycles. The second-order valence-electron chi connectivity index (χ2n) is 2.92. The van der Waals surface area contributed by atoms with Crippen LogP contribution in [0.4, 0.5) is 4.39 Å². The van der Waals surface area contributed by atoms with E-state index < -0.39 is 0 Å². The maximum absolute atomic E-state index is 13.0. The Bertz CT molecular complexity index is 300. The molecule has 0 fully saturated rings. The zero-order valence-electron chi connectivity index (χ0n) is 7.52. The van der Waals surface area contributed by atoms with E-state index in [1.165, 1.54) is 0 Å². The molecular formula is C11H13F. The number of hydrogen-bond donors (Lipinski definition) is 0. The lowest BCUT2D eigenvalue weighted by Gasteiger charge is -2.03. The molecule has 0 spiro atoms. The summed E-state index contributed by atoms with van der Waals surface area (Å²) in [6, 6.07) is 5.23. The Kier molecular flexibility index (Phi) is 2.64. The minimum atomic E-state index is -0.151. The summed E-state index contributed by atoms with van der Waals surface area (Å²) < 4.78 is 13.0. The van der Waals surface area contributed by atoms with E-state index in [0.29, 0.717) is 5.56 Å². The first kappa shape index (κ1) is 8.98. The van der Waals surface area contributed by atoms with Gasteiger partial charge in [0.1, 0.15) is 5.82 Å². The van der Waals surface area contributed by atoms with Gasteiger partial charge in [0, 0.05) is 0 Å². The van der Waals surface area contributed by atoms with E-state index in [9.17, 15) is 4.39 Å². The van der Waals surface area contributed by atoms with Gasteiger partial charge >= 0.3 is 0 Å². The Morgan fingerprint density at radius 1 is 1.50 bits per heavy atom. The lowest BCUT2D eigenvalue weighted by Crippen LogP contribution is -1.86. The molecule has 0 unspecified atom stereocenters. The molecule has 0 aliphatic heterocycles. The molecular weight excluding hydrogens is 151 g/mol. The molecule has 0 nitrogen and oxygen atoms in total. The molecule has 1 rings (SSSR count). The van der Waals surface area contributed by atoms with Crippen molar-refractivity contribution in [2.75, 3.05) is 0 Å². The second-order valence-corrected chi connectivity index (χ2v) is 2.92. The highest BCUT2D eigenvalue weighted by Gasteiger charge is 2.00. The first-order valence-corrected chi connectivity index (χ1v) is 4.09. The summed E-state index contributed by atoms with van der Waals surface area (Å²) in [5.41, 5.74) is 2.57. The van der Waals surface area contributed by atoms with Gasteiger partial charge in [0.05, 0.1) is 0 Å². The Labute approximate surface area is 72.7 Å². The molecule has 1 aromatic rings. The van der Waals surface area contributed by atoms with Crippen LogP contribution in [0.3, 0.4) is 0 Å². The summed E-state index contributed by atoms with van der Waals surface area (Å²) in [5.74, 6) is -0.151. The third-order valence-electron chi connectivity index (χ3n) is 2.01. The van der Waals surface area contributed by atoms with Crippen molar-refractivity contribution in [1.82, 2.24) is 0 Å². The molecule has 0 heterocycles. The Hall–Kier alpha value is -1.11. The van der Waals surface area contributed by atoms with Crippen LogP contribution in [0, 0.1) is 12.7 Å². The van der Waals surface area contributed by atoms with Crippen LogP contribution in [0.1, 0.15) is 24.5 Å². The van der Waals surface area contributed by atoms with Gasteiger partial charge < -0.3 is 0 Å². The van der Waals surface area contributed by atoms with Gasteiger partial charge in [0.15, 0.2) is 0 Å². The van der Waals surface area contributed by atoms with Crippen LogP contribution < -0.4 is 0 Å². The zero-order valence-corrected chi connectivity index (χ0v) is 7.52. The Balaban J connectivity index is 3.05. The highest BCUT2D eigenvalue weighted by Crippen LogP contribution is 2.18. The number of rotatable bonds is 2. The molecule has 0 N–H and O–H groups in total. The summed E-state index contributed by atoms with van der Waals surface area (Å²) >= 11 is 0. The van der Waals surface area contributed by atoms with Gasteiger partial charge in [-0.05, 0) is 36.1 Å². The van der Waals surface area contributed by atoms with Crippen LogP contribution in [0.5, 0.6) is 0 Å². The van der Waals surface area contributed by atoms with Gasteiger partial charge in [-0.25, -0.2) is 4.39 Å². The normalized spacial score (nSPS) is 9.92. The van der Waals surface area contributed by atoms with Crippen molar-refractivity contribution in [3.8, 4) is 0 Å². The van der Waals surface area contributed by atoms with E-state index in [1.807, 2.05) is 13.0 Å². The summed E-state index contributed by atoms with van der Waals surface area (Å²) in [4.78, 5) is 0. The minimum Gasteiger partial charge on any atom is -0.207 e. The molecule has 0 aliphatic rings. The fourth-order valence-corrected chi connectivity index (χ4v) is 1.02. The summed E-state index contributed by atoms with van der Waals surface area (Å²) in [6.07, 6.45) is 0.864. The maximum Gasteiger partial charge on any atom is 0.126 e. The number of aryl methyl sites for hydroxylation is 1. The van der Waals surface area contributed by atoms with Crippen molar-refractivity contribution in [2.45, 2.75) is 20.3 Å². The highest BCUT2D eigenvalue weighted by atomic mass is 19.1. The lowest BCUT2D eigenvalue weighted by molar-refractivity contribution is 0.618.